The van der Waals surface area contributed by atoms with Crippen LogP contribution < -0.4 is 0 Å². The number of carbonyl (C=O) groups is 1. The van der Waals surface area contributed by atoms with Gasteiger partial charge in [0, 0.05) is 11.1 Å². The third kappa shape index (κ3) is 3.13. The molecule has 2 heterocycles. The van der Waals surface area contributed by atoms with Crippen molar-refractivity contribution in [2.45, 2.75) is 6.61 Å². The van der Waals surface area contributed by atoms with Gasteiger partial charge in [0.05, 0.1) is 4.88 Å². The van der Waals surface area contributed by atoms with Crippen LogP contribution in [0.25, 0.3) is 10.6 Å². The quantitative estimate of drug-likeness (QED) is 0.726. The van der Waals surface area contributed by atoms with Gasteiger partial charge in [0.2, 0.25) is 0 Å². The molecule has 0 aliphatic heterocycles. The lowest BCUT2D eigenvalue weighted by Crippen LogP contribution is -2.05. The molecular formula is C15H10ClNO4S. The molecule has 112 valence electrons. The predicted molar refractivity (Wildman–Crippen MR) is 82.1 cm³/mol. The SMILES string of the molecule is O=C(OCc1cc(-c2cccs2)on1)c1cc(Cl)ccc1O. The molecule has 3 rings (SSSR count). The van der Waals surface area contributed by atoms with Crippen molar-refractivity contribution >= 4 is 28.9 Å². The van der Waals surface area contributed by atoms with Crippen molar-refractivity contribution in [2.75, 3.05) is 0 Å². The average Bonchev–Trinajstić information content (AvgIpc) is 3.17. The Bertz CT molecular complexity index is 798. The van der Waals surface area contributed by atoms with Gasteiger partial charge < -0.3 is 14.4 Å². The van der Waals surface area contributed by atoms with Crippen LogP contribution in [-0.2, 0) is 11.3 Å². The molecule has 0 saturated carbocycles. The Hall–Kier alpha value is -2.31. The number of phenolic OH excluding ortho intramolecular Hbond substituents is 1. The van der Waals surface area contributed by atoms with Gasteiger partial charge in [-0.05, 0) is 29.6 Å². The van der Waals surface area contributed by atoms with Gasteiger partial charge in [0.1, 0.15) is 23.6 Å². The predicted octanol–water partition coefficient (Wildman–Crippen LogP) is 4.12. The number of ether oxygens (including phenoxy) is 1. The number of thiophene rings is 1. The summed E-state index contributed by atoms with van der Waals surface area (Å²) < 4.78 is 10.3. The summed E-state index contributed by atoms with van der Waals surface area (Å²) in [7, 11) is 0. The molecule has 0 saturated heterocycles. The Morgan fingerprint density at radius 3 is 3.00 bits per heavy atom. The van der Waals surface area contributed by atoms with Crippen molar-refractivity contribution in [1.82, 2.24) is 5.16 Å². The molecule has 0 aliphatic rings. The molecule has 3 aromatic rings. The summed E-state index contributed by atoms with van der Waals surface area (Å²) in [6, 6.07) is 9.69. The molecule has 0 unspecified atom stereocenters. The number of carbonyl (C=O) groups excluding carboxylic acids is 1. The number of hydrogen-bond donors (Lipinski definition) is 1. The number of esters is 1. The van der Waals surface area contributed by atoms with Gasteiger partial charge in [-0.25, -0.2) is 4.79 Å². The molecule has 0 bridgehead atoms. The zero-order valence-corrected chi connectivity index (χ0v) is 12.7. The van der Waals surface area contributed by atoms with E-state index in [1.54, 1.807) is 6.07 Å². The average molecular weight is 336 g/mol. The molecule has 5 nitrogen and oxygen atoms in total. The zero-order valence-electron chi connectivity index (χ0n) is 11.2. The van der Waals surface area contributed by atoms with E-state index in [9.17, 15) is 9.90 Å². The van der Waals surface area contributed by atoms with E-state index in [0.717, 1.165) is 4.88 Å². The Morgan fingerprint density at radius 1 is 1.36 bits per heavy atom. The van der Waals surface area contributed by atoms with Crippen LogP contribution in [0.2, 0.25) is 5.02 Å². The van der Waals surface area contributed by atoms with E-state index in [-0.39, 0.29) is 17.9 Å². The Labute approximate surface area is 134 Å². The van der Waals surface area contributed by atoms with Gasteiger partial charge >= 0.3 is 5.97 Å². The highest BCUT2D eigenvalue weighted by Gasteiger charge is 2.15. The molecule has 0 radical (unpaired) electrons. The van der Waals surface area contributed by atoms with E-state index in [4.69, 9.17) is 20.9 Å². The molecule has 0 spiro atoms. The molecule has 0 aliphatic carbocycles. The maximum absolute atomic E-state index is 11.9. The molecular weight excluding hydrogens is 326 g/mol. The van der Waals surface area contributed by atoms with Crippen molar-refractivity contribution in [3.8, 4) is 16.4 Å². The van der Waals surface area contributed by atoms with Crippen molar-refractivity contribution < 1.29 is 19.2 Å². The number of phenols is 1. The number of aromatic nitrogens is 1. The fraction of sp³-hybridized carbons (Fsp3) is 0.0667. The first-order chi connectivity index (χ1) is 10.6. The van der Waals surface area contributed by atoms with Crippen LogP contribution in [0.15, 0.2) is 46.3 Å². The molecule has 0 atom stereocenters. The Kier molecular flexibility index (Phi) is 4.13. The third-order valence-corrected chi connectivity index (χ3v) is 3.97. The van der Waals surface area contributed by atoms with E-state index >= 15 is 0 Å². The van der Waals surface area contributed by atoms with Gasteiger partial charge in [-0.1, -0.05) is 22.8 Å². The molecule has 1 aromatic carbocycles. The Morgan fingerprint density at radius 2 is 2.23 bits per heavy atom. The van der Waals surface area contributed by atoms with Crippen molar-refractivity contribution in [2.24, 2.45) is 0 Å². The zero-order chi connectivity index (χ0) is 15.5. The van der Waals surface area contributed by atoms with Crippen LogP contribution >= 0.6 is 22.9 Å². The molecule has 0 fully saturated rings. The van der Waals surface area contributed by atoms with Crippen LogP contribution in [0.4, 0.5) is 0 Å². The normalized spacial score (nSPS) is 10.6. The third-order valence-electron chi connectivity index (χ3n) is 2.85. The smallest absolute Gasteiger partial charge is 0.342 e. The first kappa shape index (κ1) is 14.6. The summed E-state index contributed by atoms with van der Waals surface area (Å²) in [6.45, 7) is -0.0559. The number of hydrogen-bond acceptors (Lipinski definition) is 6. The van der Waals surface area contributed by atoms with Crippen molar-refractivity contribution in [3.05, 3.63) is 58.1 Å². The summed E-state index contributed by atoms with van der Waals surface area (Å²) in [5.41, 5.74) is 0.493. The maximum atomic E-state index is 11.9. The second-order valence-electron chi connectivity index (χ2n) is 4.40. The summed E-state index contributed by atoms with van der Waals surface area (Å²) in [6.07, 6.45) is 0. The van der Waals surface area contributed by atoms with Gasteiger partial charge in [0.25, 0.3) is 0 Å². The number of rotatable bonds is 4. The summed E-state index contributed by atoms with van der Waals surface area (Å²) in [5.74, 6) is -0.249. The van der Waals surface area contributed by atoms with Crippen molar-refractivity contribution in [1.29, 1.82) is 0 Å². The fourth-order valence-electron chi connectivity index (χ4n) is 1.80. The molecule has 1 N–H and O–H groups in total. The largest absolute Gasteiger partial charge is 0.507 e. The second-order valence-corrected chi connectivity index (χ2v) is 5.78. The van der Waals surface area contributed by atoms with E-state index in [1.165, 1.54) is 29.5 Å². The molecule has 0 amide bonds. The van der Waals surface area contributed by atoms with E-state index in [1.807, 2.05) is 17.5 Å². The number of halogens is 1. The van der Waals surface area contributed by atoms with Crippen molar-refractivity contribution in [3.63, 3.8) is 0 Å². The molecule has 2 aromatic heterocycles. The highest BCUT2D eigenvalue weighted by atomic mass is 35.5. The van der Waals surface area contributed by atoms with Gasteiger partial charge in [0.15, 0.2) is 5.76 Å². The topological polar surface area (TPSA) is 72.6 Å². The van der Waals surface area contributed by atoms with Crippen LogP contribution in [0, 0.1) is 0 Å². The lowest BCUT2D eigenvalue weighted by molar-refractivity contribution is 0.0461. The number of nitrogens with zero attached hydrogens (tertiary/aromatic N) is 1. The molecule has 22 heavy (non-hydrogen) atoms. The summed E-state index contributed by atoms with van der Waals surface area (Å²) >= 11 is 7.32. The second kappa shape index (κ2) is 6.21. The Balaban J connectivity index is 1.67. The first-order valence-corrected chi connectivity index (χ1v) is 7.54. The van der Waals surface area contributed by atoms with Gasteiger partial charge in [-0.3, -0.25) is 0 Å². The monoisotopic (exact) mass is 335 g/mol. The minimum absolute atomic E-state index is 0.00877. The standard InChI is InChI=1S/C15H10ClNO4S/c16-9-3-4-12(18)11(6-9)15(19)20-8-10-7-13(21-17-10)14-2-1-5-22-14/h1-7,18H,8H2. The van der Waals surface area contributed by atoms with Gasteiger partial charge in [-0.2, -0.15) is 0 Å². The van der Waals surface area contributed by atoms with Crippen LogP contribution in [0.3, 0.4) is 0 Å². The first-order valence-electron chi connectivity index (χ1n) is 6.28. The van der Waals surface area contributed by atoms with E-state index in [0.29, 0.717) is 16.5 Å². The maximum Gasteiger partial charge on any atom is 0.342 e. The van der Waals surface area contributed by atoms with Crippen LogP contribution in [0.1, 0.15) is 16.1 Å². The highest BCUT2D eigenvalue weighted by Crippen LogP contribution is 2.26. The number of aromatic hydroxyl groups is 1. The minimum Gasteiger partial charge on any atom is -0.507 e. The van der Waals surface area contributed by atoms with E-state index in [2.05, 4.69) is 5.16 Å². The van der Waals surface area contributed by atoms with Crippen LogP contribution in [-0.4, -0.2) is 16.2 Å². The lowest BCUT2D eigenvalue weighted by Gasteiger charge is -2.04. The number of benzene rings is 1. The highest BCUT2D eigenvalue weighted by molar-refractivity contribution is 7.13. The summed E-state index contributed by atoms with van der Waals surface area (Å²) in [5, 5.41) is 15.8. The molecule has 7 heteroatoms. The minimum atomic E-state index is -0.680. The van der Waals surface area contributed by atoms with E-state index < -0.39 is 5.97 Å². The van der Waals surface area contributed by atoms with Crippen LogP contribution in [0.5, 0.6) is 5.75 Å². The lowest BCUT2D eigenvalue weighted by atomic mass is 10.2. The summed E-state index contributed by atoms with van der Waals surface area (Å²) in [4.78, 5) is 12.9. The fourth-order valence-corrected chi connectivity index (χ4v) is 2.65. The van der Waals surface area contributed by atoms with Gasteiger partial charge in [-0.15, -0.1) is 11.3 Å².